The summed E-state index contributed by atoms with van der Waals surface area (Å²) >= 11 is 0. The Morgan fingerprint density at radius 3 is 2.71 bits per heavy atom. The van der Waals surface area contributed by atoms with Gasteiger partial charge in [-0.3, -0.25) is 4.79 Å². The molecule has 132 valence electrons. The number of amides is 1. The van der Waals surface area contributed by atoms with Crippen molar-refractivity contribution in [1.29, 1.82) is 0 Å². The van der Waals surface area contributed by atoms with Gasteiger partial charge >= 0.3 is 0 Å². The number of nitrogens with zero attached hydrogens (tertiary/aromatic N) is 1. The molecule has 1 aromatic carbocycles. The molecule has 2 aliphatic heterocycles. The van der Waals surface area contributed by atoms with E-state index < -0.39 is 0 Å². The summed E-state index contributed by atoms with van der Waals surface area (Å²) in [5, 5.41) is 3.46. The normalized spacial score (nSPS) is 22.1. The summed E-state index contributed by atoms with van der Waals surface area (Å²) < 4.78 is 5.72. The van der Waals surface area contributed by atoms with Crippen molar-refractivity contribution < 1.29 is 9.53 Å². The van der Waals surface area contributed by atoms with E-state index in [0.29, 0.717) is 6.42 Å². The van der Waals surface area contributed by atoms with Gasteiger partial charge in [0.05, 0.1) is 12.5 Å². The van der Waals surface area contributed by atoms with Gasteiger partial charge in [0.1, 0.15) is 5.75 Å². The SMILES string of the molecule is CC(C)Oc1cccc(CC(=O)N2CCC(C3CCNC3)CC2)c1. The minimum absolute atomic E-state index is 0.153. The first kappa shape index (κ1) is 17.3. The summed E-state index contributed by atoms with van der Waals surface area (Å²) in [6.45, 7) is 8.20. The van der Waals surface area contributed by atoms with Crippen LogP contribution in [0.3, 0.4) is 0 Å². The summed E-state index contributed by atoms with van der Waals surface area (Å²) in [6, 6.07) is 7.94. The van der Waals surface area contributed by atoms with E-state index in [1.165, 1.54) is 19.5 Å². The van der Waals surface area contributed by atoms with E-state index in [1.807, 2.05) is 38.1 Å². The summed E-state index contributed by atoms with van der Waals surface area (Å²) in [5.74, 6) is 2.72. The third kappa shape index (κ3) is 4.50. The highest BCUT2D eigenvalue weighted by Gasteiger charge is 2.29. The number of carbonyl (C=O) groups excluding carboxylic acids is 1. The highest BCUT2D eigenvalue weighted by Crippen LogP contribution is 2.29. The van der Waals surface area contributed by atoms with Gasteiger partial charge in [0.2, 0.25) is 5.91 Å². The molecule has 0 aliphatic carbocycles. The Kier molecular flexibility index (Phi) is 5.77. The Balaban J connectivity index is 1.50. The van der Waals surface area contributed by atoms with E-state index in [2.05, 4.69) is 10.2 Å². The molecule has 2 fully saturated rings. The van der Waals surface area contributed by atoms with Gasteiger partial charge in [-0.05, 0) is 75.7 Å². The lowest BCUT2D eigenvalue weighted by Gasteiger charge is -2.34. The molecule has 1 amide bonds. The van der Waals surface area contributed by atoms with Crippen molar-refractivity contribution in [3.8, 4) is 5.75 Å². The summed E-state index contributed by atoms with van der Waals surface area (Å²) in [6.07, 6.45) is 4.26. The molecule has 0 bridgehead atoms. The highest BCUT2D eigenvalue weighted by atomic mass is 16.5. The predicted octanol–water partition coefficient (Wildman–Crippen LogP) is 2.86. The van der Waals surface area contributed by atoms with E-state index in [4.69, 9.17) is 4.74 Å². The van der Waals surface area contributed by atoms with Gasteiger partial charge in [-0.25, -0.2) is 0 Å². The van der Waals surface area contributed by atoms with Crippen LogP contribution in [0.5, 0.6) is 5.75 Å². The van der Waals surface area contributed by atoms with Crippen LogP contribution < -0.4 is 10.1 Å². The van der Waals surface area contributed by atoms with Crippen LogP contribution in [-0.2, 0) is 11.2 Å². The van der Waals surface area contributed by atoms with Crippen LogP contribution in [0.1, 0.15) is 38.7 Å². The van der Waals surface area contributed by atoms with Crippen LogP contribution in [0.4, 0.5) is 0 Å². The molecule has 0 radical (unpaired) electrons. The van der Waals surface area contributed by atoms with Gasteiger partial charge < -0.3 is 15.0 Å². The van der Waals surface area contributed by atoms with E-state index >= 15 is 0 Å². The van der Waals surface area contributed by atoms with Gasteiger partial charge in [-0.15, -0.1) is 0 Å². The monoisotopic (exact) mass is 330 g/mol. The molecule has 3 rings (SSSR count). The van der Waals surface area contributed by atoms with Crippen molar-refractivity contribution in [2.45, 2.75) is 45.6 Å². The maximum atomic E-state index is 12.6. The molecule has 1 aromatic rings. The Morgan fingerprint density at radius 1 is 1.25 bits per heavy atom. The zero-order valence-corrected chi connectivity index (χ0v) is 15.0. The number of hydrogen-bond acceptors (Lipinski definition) is 3. The first-order valence-electron chi connectivity index (χ1n) is 9.36. The second-order valence-electron chi connectivity index (χ2n) is 7.46. The van der Waals surface area contributed by atoms with E-state index in [9.17, 15) is 4.79 Å². The minimum Gasteiger partial charge on any atom is -0.491 e. The number of piperidine rings is 1. The molecule has 0 saturated carbocycles. The van der Waals surface area contributed by atoms with Crippen molar-refractivity contribution in [2.24, 2.45) is 11.8 Å². The van der Waals surface area contributed by atoms with Crippen molar-refractivity contribution >= 4 is 5.91 Å². The molecule has 2 heterocycles. The van der Waals surface area contributed by atoms with Crippen LogP contribution in [-0.4, -0.2) is 43.1 Å². The van der Waals surface area contributed by atoms with Gasteiger partial charge in [0.25, 0.3) is 0 Å². The Labute approximate surface area is 145 Å². The van der Waals surface area contributed by atoms with Crippen molar-refractivity contribution in [3.63, 3.8) is 0 Å². The molecule has 0 aromatic heterocycles. The molecular formula is C20H30N2O2. The Bertz CT molecular complexity index is 544. The van der Waals surface area contributed by atoms with Crippen LogP contribution in [0.15, 0.2) is 24.3 Å². The zero-order chi connectivity index (χ0) is 16.9. The van der Waals surface area contributed by atoms with Crippen molar-refractivity contribution in [3.05, 3.63) is 29.8 Å². The molecule has 1 atom stereocenters. The molecule has 2 saturated heterocycles. The number of likely N-dealkylation sites (tertiary alicyclic amines) is 1. The molecule has 2 aliphatic rings. The number of rotatable bonds is 5. The average molecular weight is 330 g/mol. The lowest BCUT2D eigenvalue weighted by Crippen LogP contribution is -2.41. The summed E-state index contributed by atoms with van der Waals surface area (Å²) in [4.78, 5) is 14.7. The van der Waals surface area contributed by atoms with Gasteiger partial charge in [-0.1, -0.05) is 12.1 Å². The van der Waals surface area contributed by atoms with Crippen molar-refractivity contribution in [1.82, 2.24) is 10.2 Å². The molecule has 4 heteroatoms. The lowest BCUT2D eigenvalue weighted by molar-refractivity contribution is -0.132. The first-order chi connectivity index (χ1) is 11.6. The number of carbonyl (C=O) groups is 1. The number of nitrogens with one attached hydrogen (secondary N) is 1. The third-order valence-electron chi connectivity index (χ3n) is 5.28. The number of hydrogen-bond donors (Lipinski definition) is 1. The highest BCUT2D eigenvalue weighted by molar-refractivity contribution is 5.79. The van der Waals surface area contributed by atoms with Gasteiger partial charge in [0.15, 0.2) is 0 Å². The molecular weight excluding hydrogens is 300 g/mol. The maximum absolute atomic E-state index is 12.6. The molecule has 0 spiro atoms. The summed E-state index contributed by atoms with van der Waals surface area (Å²) in [5.41, 5.74) is 1.04. The maximum Gasteiger partial charge on any atom is 0.226 e. The number of benzene rings is 1. The second kappa shape index (κ2) is 8.02. The van der Waals surface area contributed by atoms with Crippen LogP contribution in [0.25, 0.3) is 0 Å². The van der Waals surface area contributed by atoms with Gasteiger partial charge in [0, 0.05) is 13.1 Å². The predicted molar refractivity (Wildman–Crippen MR) is 96.2 cm³/mol. The lowest BCUT2D eigenvalue weighted by atomic mass is 9.83. The van der Waals surface area contributed by atoms with Gasteiger partial charge in [-0.2, -0.15) is 0 Å². The van der Waals surface area contributed by atoms with Crippen LogP contribution >= 0.6 is 0 Å². The van der Waals surface area contributed by atoms with E-state index in [-0.39, 0.29) is 12.0 Å². The molecule has 1 N–H and O–H groups in total. The van der Waals surface area contributed by atoms with E-state index in [0.717, 1.165) is 49.1 Å². The topological polar surface area (TPSA) is 41.6 Å². The second-order valence-corrected chi connectivity index (χ2v) is 7.46. The van der Waals surface area contributed by atoms with Crippen LogP contribution in [0, 0.1) is 11.8 Å². The third-order valence-corrected chi connectivity index (χ3v) is 5.28. The molecule has 4 nitrogen and oxygen atoms in total. The average Bonchev–Trinajstić information content (AvgIpc) is 3.09. The fourth-order valence-electron chi connectivity index (χ4n) is 3.99. The fourth-order valence-corrected chi connectivity index (χ4v) is 3.99. The minimum atomic E-state index is 0.153. The number of ether oxygens (including phenoxy) is 1. The fraction of sp³-hybridized carbons (Fsp3) is 0.650. The zero-order valence-electron chi connectivity index (χ0n) is 15.0. The Morgan fingerprint density at radius 2 is 2.04 bits per heavy atom. The van der Waals surface area contributed by atoms with E-state index in [1.54, 1.807) is 0 Å². The smallest absolute Gasteiger partial charge is 0.226 e. The quantitative estimate of drug-likeness (QED) is 0.902. The molecule has 1 unspecified atom stereocenters. The summed E-state index contributed by atoms with van der Waals surface area (Å²) in [7, 11) is 0. The molecule has 24 heavy (non-hydrogen) atoms. The van der Waals surface area contributed by atoms with Crippen LogP contribution in [0.2, 0.25) is 0 Å². The standard InChI is InChI=1S/C20H30N2O2/c1-15(2)24-19-5-3-4-16(12-19)13-20(23)22-10-7-17(8-11-22)18-6-9-21-14-18/h3-5,12,15,17-18,21H,6-11,13-14H2,1-2H3. The van der Waals surface area contributed by atoms with Crippen molar-refractivity contribution in [2.75, 3.05) is 26.2 Å². The largest absolute Gasteiger partial charge is 0.491 e. The first-order valence-corrected chi connectivity index (χ1v) is 9.36. The Hall–Kier alpha value is -1.55.